The molecular weight excluding hydrogens is 354 g/mol. The van der Waals surface area contributed by atoms with Crippen LogP contribution in [-0.2, 0) is 4.79 Å². The maximum Gasteiger partial charge on any atom is 0.264 e. The number of aryl methyl sites for hydroxylation is 1. The van der Waals surface area contributed by atoms with Gasteiger partial charge in [0.1, 0.15) is 0 Å². The number of likely N-dealkylation sites (tertiary alicyclic amines) is 1. The molecule has 0 aliphatic carbocycles. The van der Waals surface area contributed by atoms with E-state index in [1.54, 1.807) is 11.3 Å². The minimum Gasteiger partial charge on any atom is -0.336 e. The third-order valence-corrected chi connectivity index (χ3v) is 7.10. The first kappa shape index (κ1) is 16.8. The van der Waals surface area contributed by atoms with E-state index in [-0.39, 0.29) is 17.4 Å². The summed E-state index contributed by atoms with van der Waals surface area (Å²) in [6.45, 7) is 4.45. The van der Waals surface area contributed by atoms with Crippen molar-refractivity contribution in [3.8, 4) is 0 Å². The van der Waals surface area contributed by atoms with Gasteiger partial charge in [0.25, 0.3) is 5.91 Å². The number of nitrogens with zero attached hydrogens (tertiary/aromatic N) is 3. The topological polar surface area (TPSA) is 43.9 Å². The van der Waals surface area contributed by atoms with E-state index in [9.17, 15) is 9.59 Å². The monoisotopic (exact) mass is 375 g/mol. The van der Waals surface area contributed by atoms with Crippen molar-refractivity contribution in [2.45, 2.75) is 18.9 Å². The Kier molecular flexibility index (Phi) is 4.17. The fourth-order valence-corrected chi connectivity index (χ4v) is 5.35. The van der Waals surface area contributed by atoms with E-state index in [4.69, 9.17) is 0 Å². The lowest BCUT2D eigenvalue weighted by atomic mass is 9.93. The number of hydrogen-bond donors (Lipinski definition) is 0. The second-order valence-corrected chi connectivity index (χ2v) is 8.65. The van der Waals surface area contributed by atoms with Crippen LogP contribution in [0.2, 0.25) is 0 Å². The van der Waals surface area contributed by atoms with Crippen molar-refractivity contribution in [1.29, 1.82) is 0 Å². The number of thiophene rings is 2. The van der Waals surface area contributed by atoms with Crippen LogP contribution in [0.3, 0.4) is 0 Å². The fraction of sp³-hybridized carbons (Fsp3) is 0.444. The number of anilines is 1. The molecule has 2 aliphatic rings. The Balaban J connectivity index is 1.56. The molecule has 132 valence electrons. The van der Waals surface area contributed by atoms with Gasteiger partial charge in [-0.3, -0.25) is 14.5 Å². The van der Waals surface area contributed by atoms with E-state index in [1.165, 1.54) is 11.3 Å². The highest BCUT2D eigenvalue weighted by atomic mass is 32.1. The number of likely N-dealkylation sites (N-methyl/N-ethyl adjacent to an activating group) is 1. The molecule has 2 saturated heterocycles. The maximum absolute atomic E-state index is 12.9. The van der Waals surface area contributed by atoms with Gasteiger partial charge in [-0.15, -0.1) is 11.3 Å². The predicted molar refractivity (Wildman–Crippen MR) is 102 cm³/mol. The largest absolute Gasteiger partial charge is 0.336 e. The van der Waals surface area contributed by atoms with Crippen molar-refractivity contribution in [1.82, 2.24) is 9.80 Å². The van der Waals surface area contributed by atoms with Gasteiger partial charge < -0.3 is 9.80 Å². The standard InChI is InChI=1S/C18H21N3O2S2/c1-13-3-8-25-16(13)17(23)20-6-5-18(11-20)12-21(14-4-7-24-10-14)15(22)9-19(18)2/h3-4,7-8,10H,5-6,9,11-12H2,1-2H3/t18-/m0/s1. The Labute approximate surface area is 155 Å². The van der Waals surface area contributed by atoms with Crippen molar-refractivity contribution in [2.24, 2.45) is 0 Å². The Bertz CT molecular complexity index is 801. The molecule has 2 fully saturated rings. The number of carbonyl (C=O) groups is 2. The molecule has 2 aromatic heterocycles. The summed E-state index contributed by atoms with van der Waals surface area (Å²) in [5, 5.41) is 5.99. The fourth-order valence-electron chi connectivity index (χ4n) is 3.81. The first-order valence-corrected chi connectivity index (χ1v) is 10.2. The first-order chi connectivity index (χ1) is 12.0. The average molecular weight is 376 g/mol. The smallest absolute Gasteiger partial charge is 0.264 e. The lowest BCUT2D eigenvalue weighted by molar-refractivity contribution is -0.123. The van der Waals surface area contributed by atoms with E-state index >= 15 is 0 Å². The molecule has 0 unspecified atom stereocenters. The summed E-state index contributed by atoms with van der Waals surface area (Å²) in [7, 11) is 2.01. The van der Waals surface area contributed by atoms with Crippen molar-refractivity contribution in [2.75, 3.05) is 38.1 Å². The zero-order chi connectivity index (χ0) is 17.6. The molecule has 5 nitrogen and oxygen atoms in total. The van der Waals surface area contributed by atoms with E-state index in [1.807, 2.05) is 52.0 Å². The van der Waals surface area contributed by atoms with E-state index < -0.39 is 0 Å². The van der Waals surface area contributed by atoms with Crippen LogP contribution in [-0.4, -0.2) is 60.4 Å². The van der Waals surface area contributed by atoms with Crippen LogP contribution < -0.4 is 4.90 Å². The van der Waals surface area contributed by atoms with Gasteiger partial charge in [-0.1, -0.05) is 0 Å². The molecule has 0 saturated carbocycles. The third kappa shape index (κ3) is 2.80. The van der Waals surface area contributed by atoms with Crippen LogP contribution in [0.15, 0.2) is 28.3 Å². The summed E-state index contributed by atoms with van der Waals surface area (Å²) < 4.78 is 0. The molecule has 7 heteroatoms. The van der Waals surface area contributed by atoms with Gasteiger partial charge in [0.2, 0.25) is 5.91 Å². The highest BCUT2D eigenvalue weighted by molar-refractivity contribution is 7.12. The highest BCUT2D eigenvalue weighted by Crippen LogP contribution is 2.35. The van der Waals surface area contributed by atoms with E-state index in [0.717, 1.165) is 29.1 Å². The predicted octanol–water partition coefficient (Wildman–Crippen LogP) is 2.68. The van der Waals surface area contributed by atoms with Gasteiger partial charge >= 0.3 is 0 Å². The Morgan fingerprint density at radius 3 is 2.76 bits per heavy atom. The summed E-state index contributed by atoms with van der Waals surface area (Å²) in [5.74, 6) is 0.252. The molecule has 2 aromatic rings. The molecule has 0 aromatic carbocycles. The molecule has 0 radical (unpaired) electrons. The number of amides is 2. The minimum atomic E-state index is -0.156. The Morgan fingerprint density at radius 2 is 2.08 bits per heavy atom. The molecule has 2 aliphatic heterocycles. The van der Waals surface area contributed by atoms with Gasteiger partial charge in [0.05, 0.1) is 22.6 Å². The number of carbonyl (C=O) groups excluding carboxylic acids is 2. The second kappa shape index (κ2) is 6.23. The van der Waals surface area contributed by atoms with Crippen molar-refractivity contribution in [3.05, 3.63) is 38.7 Å². The first-order valence-electron chi connectivity index (χ1n) is 8.37. The third-order valence-electron chi connectivity index (χ3n) is 5.43. The Morgan fingerprint density at radius 1 is 1.24 bits per heavy atom. The molecule has 1 spiro atoms. The van der Waals surface area contributed by atoms with E-state index in [2.05, 4.69) is 4.90 Å². The molecular formula is C18H21N3O2S2. The summed E-state index contributed by atoms with van der Waals surface area (Å²) in [6, 6.07) is 3.99. The van der Waals surface area contributed by atoms with Gasteiger partial charge in [-0.05, 0) is 48.8 Å². The SMILES string of the molecule is Cc1ccsc1C(=O)N1CC[C@]2(C1)CN(c1ccsc1)C(=O)CN2C. The van der Waals surface area contributed by atoms with Crippen LogP contribution in [0.25, 0.3) is 0 Å². The van der Waals surface area contributed by atoms with Gasteiger partial charge in [0.15, 0.2) is 0 Å². The summed E-state index contributed by atoms with van der Waals surface area (Å²) in [4.78, 5) is 32.2. The Hall–Kier alpha value is -1.70. The lowest BCUT2D eigenvalue weighted by Gasteiger charge is -2.46. The zero-order valence-corrected chi connectivity index (χ0v) is 16.0. The molecule has 25 heavy (non-hydrogen) atoms. The average Bonchev–Trinajstić information content (AvgIpc) is 3.32. The highest BCUT2D eigenvalue weighted by Gasteiger charge is 2.48. The van der Waals surface area contributed by atoms with Crippen LogP contribution in [0, 0.1) is 6.92 Å². The summed E-state index contributed by atoms with van der Waals surface area (Å²) >= 11 is 3.11. The van der Waals surface area contributed by atoms with Crippen molar-refractivity contribution in [3.63, 3.8) is 0 Å². The number of hydrogen-bond acceptors (Lipinski definition) is 5. The van der Waals surface area contributed by atoms with Crippen LogP contribution >= 0.6 is 22.7 Å². The normalized spacial score (nSPS) is 24.5. The van der Waals surface area contributed by atoms with Gasteiger partial charge in [0, 0.05) is 25.0 Å². The number of rotatable bonds is 2. The van der Waals surface area contributed by atoms with Crippen LogP contribution in [0.1, 0.15) is 21.7 Å². The molecule has 0 bridgehead atoms. The minimum absolute atomic E-state index is 0.122. The van der Waals surface area contributed by atoms with Crippen LogP contribution in [0.5, 0.6) is 0 Å². The summed E-state index contributed by atoms with van der Waals surface area (Å²) in [5.41, 5.74) is 1.86. The molecule has 0 N–H and O–H groups in total. The lowest BCUT2D eigenvalue weighted by Crippen LogP contribution is -2.64. The summed E-state index contributed by atoms with van der Waals surface area (Å²) in [6.07, 6.45) is 0.896. The van der Waals surface area contributed by atoms with Gasteiger partial charge in [-0.25, -0.2) is 0 Å². The number of piperazine rings is 1. The quantitative estimate of drug-likeness (QED) is 0.811. The van der Waals surface area contributed by atoms with Crippen molar-refractivity contribution < 1.29 is 9.59 Å². The van der Waals surface area contributed by atoms with E-state index in [0.29, 0.717) is 19.6 Å². The van der Waals surface area contributed by atoms with Crippen LogP contribution in [0.4, 0.5) is 5.69 Å². The maximum atomic E-state index is 12.9. The molecule has 2 amide bonds. The molecule has 1 atom stereocenters. The van der Waals surface area contributed by atoms with Crippen molar-refractivity contribution >= 4 is 40.2 Å². The second-order valence-electron chi connectivity index (χ2n) is 6.95. The van der Waals surface area contributed by atoms with Gasteiger partial charge in [-0.2, -0.15) is 11.3 Å². The molecule has 4 heterocycles. The molecule has 4 rings (SSSR count). The zero-order valence-electron chi connectivity index (χ0n) is 14.4.